The van der Waals surface area contributed by atoms with Gasteiger partial charge in [0.05, 0.1) is 19.6 Å². The number of morpholine rings is 1. The minimum Gasteiger partial charge on any atom is -0.481 e. The Hall–Kier alpha value is -1.39. The standard InChI is InChI=1S/C15H21NO3/c1-15(2)11-19-9-8-16(15)13(10-14(17)18)12-6-4-3-5-7-12/h3-7,13H,8-11H2,1-2H3,(H,17,18). The summed E-state index contributed by atoms with van der Waals surface area (Å²) in [6.07, 6.45) is 0.118. The number of aliphatic carboxylic acids is 1. The van der Waals surface area contributed by atoms with Crippen LogP contribution in [0.2, 0.25) is 0 Å². The topological polar surface area (TPSA) is 49.8 Å². The van der Waals surface area contributed by atoms with Crippen molar-refractivity contribution in [1.82, 2.24) is 4.90 Å². The van der Waals surface area contributed by atoms with Gasteiger partial charge in [0.15, 0.2) is 0 Å². The summed E-state index contributed by atoms with van der Waals surface area (Å²) in [5.74, 6) is -0.767. The quantitative estimate of drug-likeness (QED) is 0.905. The molecule has 1 aliphatic heterocycles. The van der Waals surface area contributed by atoms with Gasteiger partial charge in [-0.15, -0.1) is 0 Å². The maximum absolute atomic E-state index is 11.2. The summed E-state index contributed by atoms with van der Waals surface area (Å²) in [7, 11) is 0. The minimum absolute atomic E-state index is 0.0994. The van der Waals surface area contributed by atoms with Crippen LogP contribution in [-0.2, 0) is 9.53 Å². The molecule has 1 atom stereocenters. The third kappa shape index (κ3) is 3.33. The monoisotopic (exact) mass is 263 g/mol. The Bertz CT molecular complexity index is 430. The van der Waals surface area contributed by atoms with Gasteiger partial charge in [-0.1, -0.05) is 30.3 Å². The molecule has 0 aliphatic carbocycles. The lowest BCUT2D eigenvalue weighted by atomic mass is 9.94. The summed E-state index contributed by atoms with van der Waals surface area (Å²) in [6.45, 7) is 6.26. The molecule has 0 aromatic heterocycles. The fraction of sp³-hybridized carbons (Fsp3) is 0.533. The Morgan fingerprint density at radius 1 is 1.42 bits per heavy atom. The number of benzene rings is 1. The number of carboxylic acids is 1. The minimum atomic E-state index is -0.767. The first-order chi connectivity index (χ1) is 9.00. The summed E-state index contributed by atoms with van der Waals surface area (Å²) >= 11 is 0. The van der Waals surface area contributed by atoms with Gasteiger partial charge in [0.1, 0.15) is 0 Å². The lowest BCUT2D eigenvalue weighted by Crippen LogP contribution is -2.54. The number of carbonyl (C=O) groups is 1. The van der Waals surface area contributed by atoms with E-state index in [1.807, 2.05) is 30.3 Å². The highest BCUT2D eigenvalue weighted by molar-refractivity contribution is 5.68. The molecule has 2 rings (SSSR count). The SMILES string of the molecule is CC1(C)COCCN1C(CC(=O)O)c1ccccc1. The zero-order chi connectivity index (χ0) is 13.9. The summed E-state index contributed by atoms with van der Waals surface area (Å²) in [6, 6.07) is 9.76. The zero-order valence-corrected chi connectivity index (χ0v) is 11.5. The molecule has 19 heavy (non-hydrogen) atoms. The van der Waals surface area contributed by atoms with Gasteiger partial charge >= 0.3 is 5.97 Å². The number of nitrogens with zero attached hydrogens (tertiary/aromatic N) is 1. The summed E-state index contributed by atoms with van der Waals surface area (Å²) in [5, 5.41) is 9.19. The van der Waals surface area contributed by atoms with Crippen LogP contribution in [0.3, 0.4) is 0 Å². The average Bonchev–Trinajstić information content (AvgIpc) is 2.37. The van der Waals surface area contributed by atoms with E-state index < -0.39 is 5.97 Å². The third-order valence-electron chi connectivity index (χ3n) is 3.64. The van der Waals surface area contributed by atoms with Crippen molar-refractivity contribution in [2.75, 3.05) is 19.8 Å². The lowest BCUT2D eigenvalue weighted by molar-refractivity contribution is -0.141. The van der Waals surface area contributed by atoms with Gasteiger partial charge < -0.3 is 9.84 Å². The van der Waals surface area contributed by atoms with Crippen molar-refractivity contribution in [3.8, 4) is 0 Å². The average molecular weight is 263 g/mol. The van der Waals surface area contributed by atoms with Gasteiger partial charge in [-0.25, -0.2) is 0 Å². The Kier molecular flexibility index (Phi) is 4.22. The molecule has 0 bridgehead atoms. The second-order valence-electron chi connectivity index (χ2n) is 5.58. The Morgan fingerprint density at radius 3 is 2.68 bits per heavy atom. The van der Waals surface area contributed by atoms with Crippen LogP contribution < -0.4 is 0 Å². The van der Waals surface area contributed by atoms with Crippen LogP contribution in [0.15, 0.2) is 30.3 Å². The van der Waals surface area contributed by atoms with Crippen LogP contribution in [0.1, 0.15) is 31.9 Å². The van der Waals surface area contributed by atoms with E-state index in [4.69, 9.17) is 4.74 Å². The number of carboxylic acid groups (broad SMARTS) is 1. The van der Waals surface area contributed by atoms with Gasteiger partial charge in [-0.05, 0) is 19.4 Å². The molecular weight excluding hydrogens is 242 g/mol. The molecule has 0 radical (unpaired) electrons. The highest BCUT2D eigenvalue weighted by atomic mass is 16.5. The van der Waals surface area contributed by atoms with Gasteiger partial charge in [-0.2, -0.15) is 0 Å². The van der Waals surface area contributed by atoms with E-state index in [2.05, 4.69) is 18.7 Å². The van der Waals surface area contributed by atoms with Crippen molar-refractivity contribution < 1.29 is 14.6 Å². The van der Waals surface area contributed by atoms with Crippen LogP contribution >= 0.6 is 0 Å². The maximum Gasteiger partial charge on any atom is 0.305 e. The maximum atomic E-state index is 11.2. The molecular formula is C15H21NO3. The van der Waals surface area contributed by atoms with Crippen LogP contribution in [0, 0.1) is 0 Å². The van der Waals surface area contributed by atoms with Crippen LogP contribution in [0.25, 0.3) is 0 Å². The second kappa shape index (κ2) is 5.72. The summed E-state index contributed by atoms with van der Waals surface area (Å²) in [4.78, 5) is 13.4. The fourth-order valence-corrected chi connectivity index (χ4v) is 2.70. The molecule has 0 amide bonds. The van der Waals surface area contributed by atoms with Crippen molar-refractivity contribution in [2.45, 2.75) is 31.8 Å². The van der Waals surface area contributed by atoms with E-state index in [9.17, 15) is 9.90 Å². The van der Waals surface area contributed by atoms with E-state index in [0.29, 0.717) is 13.2 Å². The fourth-order valence-electron chi connectivity index (χ4n) is 2.70. The van der Waals surface area contributed by atoms with Crippen LogP contribution in [-0.4, -0.2) is 41.3 Å². The molecule has 4 heteroatoms. The molecule has 1 unspecified atom stereocenters. The van der Waals surface area contributed by atoms with E-state index in [1.165, 1.54) is 0 Å². The normalized spacial score (nSPS) is 20.9. The molecule has 0 spiro atoms. The highest BCUT2D eigenvalue weighted by Gasteiger charge is 2.36. The molecule has 1 N–H and O–H groups in total. The molecule has 1 fully saturated rings. The molecule has 1 aromatic carbocycles. The number of ether oxygens (including phenoxy) is 1. The van der Waals surface area contributed by atoms with E-state index in [1.54, 1.807) is 0 Å². The lowest BCUT2D eigenvalue weighted by Gasteiger charge is -2.46. The third-order valence-corrected chi connectivity index (χ3v) is 3.64. The van der Waals surface area contributed by atoms with Crippen molar-refractivity contribution in [1.29, 1.82) is 0 Å². The van der Waals surface area contributed by atoms with E-state index in [0.717, 1.165) is 12.1 Å². The first-order valence-electron chi connectivity index (χ1n) is 6.62. The number of hydrogen-bond donors (Lipinski definition) is 1. The van der Waals surface area contributed by atoms with Crippen LogP contribution in [0.5, 0.6) is 0 Å². The number of rotatable bonds is 4. The molecule has 1 aliphatic rings. The van der Waals surface area contributed by atoms with Gasteiger partial charge in [0, 0.05) is 18.1 Å². The van der Waals surface area contributed by atoms with Crippen molar-refractivity contribution >= 4 is 5.97 Å². The van der Waals surface area contributed by atoms with Crippen LogP contribution in [0.4, 0.5) is 0 Å². The highest BCUT2D eigenvalue weighted by Crippen LogP contribution is 2.32. The van der Waals surface area contributed by atoms with Crippen molar-refractivity contribution in [2.24, 2.45) is 0 Å². The molecule has 1 saturated heterocycles. The first-order valence-corrected chi connectivity index (χ1v) is 6.62. The Labute approximate surface area is 114 Å². The Morgan fingerprint density at radius 2 is 2.11 bits per heavy atom. The molecule has 4 nitrogen and oxygen atoms in total. The van der Waals surface area contributed by atoms with Gasteiger partial charge in [-0.3, -0.25) is 9.69 Å². The zero-order valence-electron chi connectivity index (χ0n) is 11.5. The smallest absolute Gasteiger partial charge is 0.305 e. The molecule has 1 heterocycles. The van der Waals surface area contributed by atoms with E-state index in [-0.39, 0.29) is 18.0 Å². The largest absolute Gasteiger partial charge is 0.481 e. The van der Waals surface area contributed by atoms with Gasteiger partial charge in [0.2, 0.25) is 0 Å². The van der Waals surface area contributed by atoms with Gasteiger partial charge in [0.25, 0.3) is 0 Å². The number of hydrogen-bond acceptors (Lipinski definition) is 3. The summed E-state index contributed by atoms with van der Waals surface area (Å²) < 4.78 is 5.52. The molecule has 0 saturated carbocycles. The van der Waals surface area contributed by atoms with Crippen molar-refractivity contribution in [3.05, 3.63) is 35.9 Å². The van der Waals surface area contributed by atoms with E-state index >= 15 is 0 Å². The predicted octanol–water partition coefficient (Wildman–Crippen LogP) is 2.31. The molecule has 104 valence electrons. The van der Waals surface area contributed by atoms with Crippen molar-refractivity contribution in [3.63, 3.8) is 0 Å². The summed E-state index contributed by atoms with van der Waals surface area (Å²) in [5.41, 5.74) is 0.911. The molecule has 1 aromatic rings. The first kappa shape index (κ1) is 14.0. The Balaban J connectivity index is 2.29. The second-order valence-corrected chi connectivity index (χ2v) is 5.58. The predicted molar refractivity (Wildman–Crippen MR) is 73.0 cm³/mol.